The highest BCUT2D eigenvalue weighted by atomic mass is 32.1. The highest BCUT2D eigenvalue weighted by Crippen LogP contribution is 2.31. The van der Waals surface area contributed by atoms with Crippen molar-refractivity contribution in [2.75, 3.05) is 7.11 Å². The molecular formula is C8H10N2OS. The van der Waals surface area contributed by atoms with E-state index in [4.69, 9.17) is 4.74 Å². The second-order valence-electron chi connectivity index (χ2n) is 2.69. The molecule has 0 atom stereocenters. The minimum Gasteiger partial charge on any atom is -0.484 e. The van der Waals surface area contributed by atoms with Crippen LogP contribution in [0.25, 0.3) is 0 Å². The van der Waals surface area contributed by atoms with E-state index >= 15 is 0 Å². The predicted octanol–water partition coefficient (Wildman–Crippen LogP) is 2.07. The van der Waals surface area contributed by atoms with Crippen LogP contribution in [0.3, 0.4) is 0 Å². The Bertz CT molecular complexity index is 330. The van der Waals surface area contributed by atoms with Crippen LogP contribution in [0.5, 0.6) is 0 Å². The topological polar surface area (TPSA) is 34.5 Å². The fourth-order valence-corrected chi connectivity index (χ4v) is 2.10. The quantitative estimate of drug-likeness (QED) is 0.615. The molecule has 0 unspecified atom stereocenters. The number of aryl methyl sites for hydroxylation is 2. The van der Waals surface area contributed by atoms with E-state index in [9.17, 15) is 0 Å². The summed E-state index contributed by atoms with van der Waals surface area (Å²) in [5, 5.41) is 2.11. The SMILES string of the molecule is COC1=Nc2sc(C)nc2CC1. The summed E-state index contributed by atoms with van der Waals surface area (Å²) in [5.41, 5.74) is 1.12. The van der Waals surface area contributed by atoms with E-state index in [1.54, 1.807) is 18.4 Å². The summed E-state index contributed by atoms with van der Waals surface area (Å²) in [6.07, 6.45) is 1.85. The average molecular weight is 182 g/mol. The summed E-state index contributed by atoms with van der Waals surface area (Å²) in [6.45, 7) is 2.00. The summed E-state index contributed by atoms with van der Waals surface area (Å²) in [6, 6.07) is 0. The standard InChI is InChI=1S/C8H10N2OS/c1-5-9-6-3-4-7(11-2)10-8(6)12-5/h3-4H2,1-2H3. The molecule has 1 aromatic heterocycles. The summed E-state index contributed by atoms with van der Waals surface area (Å²) in [4.78, 5) is 8.71. The molecule has 1 aliphatic heterocycles. The third-order valence-corrected chi connectivity index (χ3v) is 2.73. The lowest BCUT2D eigenvalue weighted by Crippen LogP contribution is -2.06. The number of rotatable bonds is 0. The minimum absolute atomic E-state index is 0.825. The first-order valence-electron chi connectivity index (χ1n) is 3.87. The largest absolute Gasteiger partial charge is 0.484 e. The van der Waals surface area contributed by atoms with Crippen molar-refractivity contribution < 1.29 is 4.74 Å². The van der Waals surface area contributed by atoms with Crippen LogP contribution in [-0.2, 0) is 11.2 Å². The van der Waals surface area contributed by atoms with Gasteiger partial charge in [-0.3, -0.25) is 0 Å². The Morgan fingerprint density at radius 2 is 2.25 bits per heavy atom. The number of thiazole rings is 1. The molecule has 12 heavy (non-hydrogen) atoms. The molecule has 0 spiro atoms. The Morgan fingerprint density at radius 1 is 1.42 bits per heavy atom. The second-order valence-corrected chi connectivity index (χ2v) is 3.88. The van der Waals surface area contributed by atoms with Crippen molar-refractivity contribution in [2.45, 2.75) is 19.8 Å². The van der Waals surface area contributed by atoms with Gasteiger partial charge in [-0.1, -0.05) is 11.3 Å². The van der Waals surface area contributed by atoms with Gasteiger partial charge >= 0.3 is 0 Å². The first-order valence-corrected chi connectivity index (χ1v) is 4.69. The van der Waals surface area contributed by atoms with Crippen molar-refractivity contribution in [3.05, 3.63) is 10.7 Å². The monoisotopic (exact) mass is 182 g/mol. The molecule has 0 amide bonds. The smallest absolute Gasteiger partial charge is 0.189 e. The van der Waals surface area contributed by atoms with Crippen LogP contribution in [0.1, 0.15) is 17.1 Å². The summed E-state index contributed by atoms with van der Waals surface area (Å²) in [7, 11) is 1.66. The molecule has 0 N–H and O–H groups in total. The molecule has 0 saturated heterocycles. The van der Waals surface area contributed by atoms with Crippen LogP contribution < -0.4 is 0 Å². The van der Waals surface area contributed by atoms with Crippen molar-refractivity contribution in [3.63, 3.8) is 0 Å². The zero-order valence-corrected chi connectivity index (χ0v) is 7.94. The Labute approximate surface area is 75.1 Å². The molecule has 3 nitrogen and oxygen atoms in total. The fourth-order valence-electron chi connectivity index (χ4n) is 1.25. The van der Waals surface area contributed by atoms with Crippen molar-refractivity contribution >= 4 is 22.2 Å². The molecule has 0 radical (unpaired) electrons. The Hall–Kier alpha value is -0.900. The number of fused-ring (bicyclic) bond motifs is 1. The van der Waals surface area contributed by atoms with Gasteiger partial charge in [-0.25, -0.2) is 9.98 Å². The van der Waals surface area contributed by atoms with Crippen LogP contribution in [0, 0.1) is 6.92 Å². The van der Waals surface area contributed by atoms with E-state index in [0.29, 0.717) is 0 Å². The molecule has 4 heteroatoms. The van der Waals surface area contributed by atoms with Crippen LogP contribution in [0.2, 0.25) is 0 Å². The van der Waals surface area contributed by atoms with Gasteiger partial charge in [0.1, 0.15) is 5.00 Å². The Balaban J connectivity index is 2.40. The third kappa shape index (κ3) is 1.22. The van der Waals surface area contributed by atoms with Gasteiger partial charge in [0.25, 0.3) is 0 Å². The number of aliphatic imine (C=N–C) groups is 1. The van der Waals surface area contributed by atoms with Crippen LogP contribution in [0.15, 0.2) is 4.99 Å². The van der Waals surface area contributed by atoms with Crippen molar-refractivity contribution in [1.29, 1.82) is 0 Å². The first-order chi connectivity index (χ1) is 5.79. The number of aromatic nitrogens is 1. The van der Waals surface area contributed by atoms with Gasteiger partial charge in [0.05, 0.1) is 17.8 Å². The average Bonchev–Trinajstić information content (AvgIpc) is 2.43. The molecule has 1 aromatic rings. The molecule has 0 fully saturated rings. The molecule has 0 aliphatic carbocycles. The van der Waals surface area contributed by atoms with Gasteiger partial charge in [0.15, 0.2) is 5.90 Å². The van der Waals surface area contributed by atoms with E-state index in [1.165, 1.54) is 0 Å². The van der Waals surface area contributed by atoms with Crippen molar-refractivity contribution in [2.24, 2.45) is 4.99 Å². The lowest BCUT2D eigenvalue weighted by atomic mass is 10.2. The number of ether oxygens (including phenoxy) is 1. The molecule has 1 aliphatic rings. The third-order valence-electron chi connectivity index (χ3n) is 1.82. The van der Waals surface area contributed by atoms with Crippen LogP contribution in [-0.4, -0.2) is 18.0 Å². The number of hydrogen-bond donors (Lipinski definition) is 0. The predicted molar refractivity (Wildman–Crippen MR) is 49.3 cm³/mol. The fraction of sp³-hybridized carbons (Fsp3) is 0.500. The molecule has 64 valence electrons. The molecular weight excluding hydrogens is 172 g/mol. The number of nitrogens with zero attached hydrogens (tertiary/aromatic N) is 2. The van der Waals surface area contributed by atoms with Gasteiger partial charge in [-0.2, -0.15) is 0 Å². The van der Waals surface area contributed by atoms with Gasteiger partial charge < -0.3 is 4.74 Å². The minimum atomic E-state index is 0.825. The lowest BCUT2D eigenvalue weighted by Gasteiger charge is -2.08. The zero-order valence-electron chi connectivity index (χ0n) is 7.13. The first kappa shape index (κ1) is 7.73. The lowest BCUT2D eigenvalue weighted by molar-refractivity contribution is 0.388. The maximum absolute atomic E-state index is 5.09. The van der Waals surface area contributed by atoms with E-state index in [-0.39, 0.29) is 0 Å². The van der Waals surface area contributed by atoms with Gasteiger partial charge in [0.2, 0.25) is 0 Å². The highest BCUT2D eigenvalue weighted by molar-refractivity contribution is 7.15. The molecule has 0 saturated carbocycles. The normalized spacial score (nSPS) is 15.3. The highest BCUT2D eigenvalue weighted by Gasteiger charge is 2.15. The van der Waals surface area contributed by atoms with E-state index in [1.807, 2.05) is 6.92 Å². The van der Waals surface area contributed by atoms with E-state index in [2.05, 4.69) is 9.98 Å². The van der Waals surface area contributed by atoms with Crippen LogP contribution in [0.4, 0.5) is 5.00 Å². The molecule has 2 heterocycles. The van der Waals surface area contributed by atoms with Crippen molar-refractivity contribution in [3.8, 4) is 0 Å². The second kappa shape index (κ2) is 2.86. The molecule has 0 aromatic carbocycles. The van der Waals surface area contributed by atoms with Crippen molar-refractivity contribution in [1.82, 2.24) is 4.98 Å². The summed E-state index contributed by atoms with van der Waals surface area (Å²) >= 11 is 1.63. The van der Waals surface area contributed by atoms with E-state index in [0.717, 1.165) is 34.4 Å². The number of methoxy groups -OCH3 is 1. The van der Waals surface area contributed by atoms with E-state index < -0.39 is 0 Å². The molecule has 0 bridgehead atoms. The maximum Gasteiger partial charge on any atom is 0.189 e. The van der Waals surface area contributed by atoms with Gasteiger partial charge in [-0.05, 0) is 6.92 Å². The Morgan fingerprint density at radius 3 is 3.00 bits per heavy atom. The Kier molecular flexibility index (Phi) is 1.84. The van der Waals surface area contributed by atoms with Gasteiger partial charge in [-0.15, -0.1) is 0 Å². The summed E-state index contributed by atoms with van der Waals surface area (Å²) < 4.78 is 5.09. The summed E-state index contributed by atoms with van der Waals surface area (Å²) in [5.74, 6) is 0.825. The maximum atomic E-state index is 5.09. The number of hydrogen-bond acceptors (Lipinski definition) is 4. The van der Waals surface area contributed by atoms with Crippen LogP contribution >= 0.6 is 11.3 Å². The molecule has 2 rings (SSSR count). The van der Waals surface area contributed by atoms with Gasteiger partial charge in [0, 0.05) is 12.8 Å². The zero-order chi connectivity index (χ0) is 8.55.